The molecule has 0 aromatic heterocycles. The minimum Gasteiger partial charge on any atom is -0.480 e. The van der Waals surface area contributed by atoms with Gasteiger partial charge in [-0.2, -0.15) is 12.6 Å². The van der Waals surface area contributed by atoms with Crippen LogP contribution < -0.4 is 5.43 Å². The maximum Gasteiger partial charge on any atom is 0.328 e. The molecule has 1 atom stereocenters. The first-order valence-electron chi connectivity index (χ1n) is 2.52. The Morgan fingerprint density at radius 3 is 2.08 bits per heavy atom. The maximum absolute atomic E-state index is 10.0. The van der Waals surface area contributed by atoms with Crippen molar-refractivity contribution in [2.45, 2.75) is 6.04 Å². The fourth-order valence-electron chi connectivity index (χ4n) is 0.238. The zero-order valence-electron chi connectivity index (χ0n) is 5.75. The molecule has 0 unspecified atom stereocenters. The molecule has 0 aliphatic rings. The van der Waals surface area contributed by atoms with Crippen LogP contribution in [0.2, 0.25) is 0 Å². The molecule has 0 rings (SSSR count). The van der Waals surface area contributed by atoms with Crippen LogP contribution in [0.25, 0.3) is 0 Å². The summed E-state index contributed by atoms with van der Waals surface area (Å²) in [6.07, 6.45) is 0. The highest BCUT2D eigenvalue weighted by Crippen LogP contribution is 1.86. The fourth-order valence-corrected chi connectivity index (χ4v) is 0.476. The Hall–Kier alpha value is -0.830. The van der Waals surface area contributed by atoms with Crippen molar-refractivity contribution in [3.05, 3.63) is 9.81 Å². The van der Waals surface area contributed by atoms with Gasteiger partial charge in [0.05, 0.1) is 5.29 Å². The Kier molecular flexibility index (Phi) is 11.6. The largest absolute Gasteiger partial charge is 0.480 e. The second-order valence-electron chi connectivity index (χ2n) is 1.38. The van der Waals surface area contributed by atoms with Gasteiger partial charge in [0, 0.05) is 23.1 Å². The van der Waals surface area contributed by atoms with Gasteiger partial charge in [-0.25, -0.2) is 4.79 Å². The normalized spacial score (nSPS) is 10.2. The van der Waals surface area contributed by atoms with Crippen LogP contribution in [-0.4, -0.2) is 22.9 Å². The third-order valence-electron chi connectivity index (χ3n) is 0.689. The van der Waals surface area contributed by atoms with Crippen LogP contribution in [-0.2, 0) is 4.79 Å². The predicted octanol–water partition coefficient (Wildman–Crippen LogP) is 0.238. The van der Waals surface area contributed by atoms with Gasteiger partial charge in [-0.3, -0.25) is 5.43 Å². The molecular formula is C3H7N3O4S2. The van der Waals surface area contributed by atoms with Crippen molar-refractivity contribution in [3.63, 3.8) is 0 Å². The molecule has 0 saturated carbocycles. The van der Waals surface area contributed by atoms with Gasteiger partial charge < -0.3 is 5.11 Å². The van der Waals surface area contributed by atoms with Crippen molar-refractivity contribution >= 4 is 31.4 Å². The molecule has 9 heteroatoms. The van der Waals surface area contributed by atoms with Crippen LogP contribution in [0.3, 0.4) is 0 Å². The van der Waals surface area contributed by atoms with Crippen molar-refractivity contribution in [2.24, 2.45) is 9.87 Å². The van der Waals surface area contributed by atoms with Crippen LogP contribution in [0, 0.1) is 9.81 Å². The van der Waals surface area contributed by atoms with Gasteiger partial charge in [0.15, 0.2) is 6.04 Å². The van der Waals surface area contributed by atoms with Gasteiger partial charge >= 0.3 is 5.97 Å². The van der Waals surface area contributed by atoms with Crippen molar-refractivity contribution in [1.29, 1.82) is 0 Å². The number of carbonyl (C=O) groups is 1. The Labute approximate surface area is 78.8 Å². The molecule has 0 radical (unpaired) electrons. The quantitative estimate of drug-likeness (QED) is 0.304. The van der Waals surface area contributed by atoms with E-state index in [1.807, 2.05) is 10.0 Å². The highest BCUT2D eigenvalue weighted by atomic mass is 32.1. The molecular weight excluding hydrogens is 206 g/mol. The number of nitrogens with zero attached hydrogens (tertiary/aromatic N) is 2. The molecule has 0 aromatic rings. The summed E-state index contributed by atoms with van der Waals surface area (Å²) in [6.45, 7) is 0. The van der Waals surface area contributed by atoms with E-state index in [0.29, 0.717) is 0 Å². The number of hydrogen-bond acceptors (Lipinski definition) is 6. The summed E-state index contributed by atoms with van der Waals surface area (Å²) in [6, 6.07) is -0.981. The molecule has 0 fully saturated rings. The van der Waals surface area contributed by atoms with Gasteiger partial charge in [0.2, 0.25) is 0 Å². The molecule has 0 amide bonds. The molecule has 7 nitrogen and oxygen atoms in total. The molecule has 0 aromatic carbocycles. The van der Waals surface area contributed by atoms with E-state index in [2.05, 4.69) is 30.7 Å². The van der Waals surface area contributed by atoms with Gasteiger partial charge in [0.1, 0.15) is 0 Å². The average Bonchev–Trinajstić information content (AvgIpc) is 2.01. The van der Waals surface area contributed by atoms with Crippen LogP contribution in [0.4, 0.5) is 0 Å². The smallest absolute Gasteiger partial charge is 0.328 e. The van der Waals surface area contributed by atoms with Crippen LogP contribution >= 0.6 is 25.4 Å². The van der Waals surface area contributed by atoms with Crippen molar-refractivity contribution < 1.29 is 9.90 Å². The number of nitroso groups, excluding NO2 is 2. The summed E-state index contributed by atoms with van der Waals surface area (Å²) in [5.74, 6) is -1.09. The van der Waals surface area contributed by atoms with E-state index in [1.54, 1.807) is 0 Å². The topological polar surface area (TPSA) is 108 Å². The zero-order chi connectivity index (χ0) is 9.98. The Morgan fingerprint density at radius 1 is 1.58 bits per heavy atom. The van der Waals surface area contributed by atoms with E-state index in [0.717, 1.165) is 0 Å². The number of nitrogens with one attached hydrogen (secondary N) is 1. The van der Waals surface area contributed by atoms with E-state index < -0.39 is 12.0 Å². The van der Waals surface area contributed by atoms with Crippen molar-refractivity contribution in [2.75, 3.05) is 5.75 Å². The van der Waals surface area contributed by atoms with Crippen molar-refractivity contribution in [1.82, 2.24) is 5.43 Å². The van der Waals surface area contributed by atoms with Crippen LogP contribution in [0.5, 0.6) is 0 Å². The van der Waals surface area contributed by atoms with Crippen LogP contribution in [0.1, 0.15) is 0 Å². The number of carboxylic acid groups (broad SMARTS) is 1. The summed E-state index contributed by atoms with van der Waals surface area (Å²) in [5.41, 5.74) is 1.83. The molecule has 2 N–H and O–H groups in total. The molecule has 0 saturated heterocycles. The second kappa shape index (κ2) is 10.2. The maximum atomic E-state index is 10.0. The summed E-state index contributed by atoms with van der Waals surface area (Å²) >= 11 is 6.50. The lowest BCUT2D eigenvalue weighted by Crippen LogP contribution is -2.34. The third kappa shape index (κ3) is 9.17. The standard InChI is InChI=1S/C3H6N2O3S.HNOS/c6-3(7)2(1-9)4-5-8;2-1-3/h2,9H,1H2,(H,4,8)(H,6,7);(H,2,3)/t2-;/m1./s1. The number of carboxylic acids is 1. The lowest BCUT2D eigenvalue weighted by atomic mass is 10.4. The molecule has 0 aliphatic heterocycles. The minimum atomic E-state index is -1.13. The highest BCUT2D eigenvalue weighted by Gasteiger charge is 2.13. The second-order valence-corrected chi connectivity index (χ2v) is 1.90. The van der Waals surface area contributed by atoms with Gasteiger partial charge in [-0.05, 0) is 0 Å². The molecule has 0 spiro atoms. The lowest BCUT2D eigenvalue weighted by molar-refractivity contribution is -0.138. The molecule has 0 bridgehead atoms. The number of thiol groups is 2. The molecule has 12 heavy (non-hydrogen) atoms. The number of aliphatic carboxylic acids is 1. The lowest BCUT2D eigenvalue weighted by Gasteiger charge is -2.03. The summed E-state index contributed by atoms with van der Waals surface area (Å²) in [4.78, 5) is 27.9. The Bertz CT molecular complexity index is 154. The SMILES string of the molecule is O=NN[C@H](CS)C(=O)O.O=NS. The molecule has 70 valence electrons. The van der Waals surface area contributed by atoms with Crippen molar-refractivity contribution in [3.8, 4) is 0 Å². The minimum absolute atomic E-state index is 0.0427. The number of hydrogen-bond donors (Lipinski definition) is 4. The third-order valence-corrected chi connectivity index (χ3v) is 1.05. The Morgan fingerprint density at radius 2 is 2.00 bits per heavy atom. The van der Waals surface area contributed by atoms with E-state index in [4.69, 9.17) is 10.0 Å². The van der Waals surface area contributed by atoms with Gasteiger partial charge in [-0.15, -0.1) is 9.81 Å². The van der Waals surface area contributed by atoms with Gasteiger partial charge in [-0.1, -0.05) is 0 Å². The van der Waals surface area contributed by atoms with E-state index in [-0.39, 0.29) is 5.75 Å². The van der Waals surface area contributed by atoms with E-state index in [9.17, 15) is 9.70 Å². The highest BCUT2D eigenvalue weighted by molar-refractivity contribution is 7.80. The first kappa shape index (κ1) is 13.7. The van der Waals surface area contributed by atoms with E-state index in [1.165, 1.54) is 0 Å². The number of rotatable bonds is 4. The molecule has 0 aliphatic carbocycles. The first-order chi connectivity index (χ1) is 5.63. The average molecular weight is 213 g/mol. The summed E-state index contributed by atoms with van der Waals surface area (Å²) in [5, 5.41) is 10.4. The summed E-state index contributed by atoms with van der Waals surface area (Å²) < 4.78 is 1.94. The van der Waals surface area contributed by atoms with Crippen LogP contribution in [0.15, 0.2) is 9.87 Å². The Balaban J connectivity index is 0. The van der Waals surface area contributed by atoms with Gasteiger partial charge in [0.25, 0.3) is 0 Å². The van der Waals surface area contributed by atoms with E-state index >= 15 is 0 Å². The zero-order valence-corrected chi connectivity index (χ0v) is 7.53. The predicted molar refractivity (Wildman–Crippen MR) is 49.0 cm³/mol. The molecule has 0 heterocycles. The fraction of sp³-hybridized carbons (Fsp3) is 0.667. The monoisotopic (exact) mass is 213 g/mol. The summed E-state index contributed by atoms with van der Waals surface area (Å²) in [7, 11) is 0. The first-order valence-corrected chi connectivity index (χ1v) is 3.55.